The fourth-order valence-electron chi connectivity index (χ4n) is 4.11. The van der Waals surface area contributed by atoms with Gasteiger partial charge in [0.2, 0.25) is 5.28 Å². The van der Waals surface area contributed by atoms with Crippen LogP contribution in [0.4, 0.5) is 0 Å². The lowest BCUT2D eigenvalue weighted by Crippen LogP contribution is -2.17. The molecule has 0 radical (unpaired) electrons. The van der Waals surface area contributed by atoms with E-state index in [0.717, 1.165) is 23.5 Å². The molecule has 0 atom stereocenters. The molecule has 0 unspecified atom stereocenters. The van der Waals surface area contributed by atoms with Crippen molar-refractivity contribution in [3.63, 3.8) is 0 Å². The molecule has 2 heterocycles. The van der Waals surface area contributed by atoms with Crippen LogP contribution in [0.2, 0.25) is 10.3 Å². The molecule has 0 bridgehead atoms. The number of nitrogens with zero attached hydrogens (tertiary/aromatic N) is 4. The minimum atomic E-state index is 0.163. The van der Waals surface area contributed by atoms with Crippen molar-refractivity contribution in [3.8, 4) is 17.0 Å². The van der Waals surface area contributed by atoms with Crippen molar-refractivity contribution in [2.45, 2.75) is 39.2 Å². The molecule has 0 N–H and O–H groups in total. The van der Waals surface area contributed by atoms with Crippen molar-refractivity contribution in [1.29, 1.82) is 0 Å². The Kier molecular flexibility index (Phi) is 6.76. The smallest absolute Gasteiger partial charge is 0.225 e. The number of hydrogen-bond acceptors (Lipinski definition) is 5. The molecule has 1 fully saturated rings. The number of ether oxygens (including phenoxy) is 2. The van der Waals surface area contributed by atoms with Crippen LogP contribution in [-0.2, 0) is 11.3 Å². The summed E-state index contributed by atoms with van der Waals surface area (Å²) >= 11 is 12.6. The highest BCUT2D eigenvalue weighted by atomic mass is 35.5. The third-order valence-corrected chi connectivity index (χ3v) is 6.12. The maximum absolute atomic E-state index is 6.38. The van der Waals surface area contributed by atoms with Gasteiger partial charge in [0.25, 0.3) is 0 Å². The van der Waals surface area contributed by atoms with Gasteiger partial charge in [-0.25, -0.2) is 9.97 Å². The molecular formula is C22H26Cl2N4O2. The van der Waals surface area contributed by atoms with Crippen molar-refractivity contribution >= 4 is 34.4 Å². The van der Waals surface area contributed by atoms with E-state index < -0.39 is 0 Å². The Labute approximate surface area is 186 Å². The number of halogens is 2. The Morgan fingerprint density at radius 1 is 1.07 bits per heavy atom. The van der Waals surface area contributed by atoms with Crippen LogP contribution >= 0.6 is 23.2 Å². The molecule has 0 spiro atoms. The second-order valence-corrected chi connectivity index (χ2v) is 8.83. The lowest BCUT2D eigenvalue weighted by atomic mass is 9.83. The monoisotopic (exact) mass is 448 g/mol. The molecule has 8 heteroatoms. The van der Waals surface area contributed by atoms with E-state index in [1.165, 1.54) is 25.7 Å². The molecule has 4 rings (SSSR count). The van der Waals surface area contributed by atoms with Gasteiger partial charge in [-0.3, -0.25) is 0 Å². The summed E-state index contributed by atoms with van der Waals surface area (Å²) in [6, 6.07) is 5.56. The van der Waals surface area contributed by atoms with Crippen LogP contribution in [0.25, 0.3) is 22.4 Å². The van der Waals surface area contributed by atoms with E-state index >= 15 is 0 Å². The zero-order valence-corrected chi connectivity index (χ0v) is 18.8. The van der Waals surface area contributed by atoms with E-state index in [1.807, 2.05) is 18.5 Å². The summed E-state index contributed by atoms with van der Waals surface area (Å²) < 4.78 is 13.0. The first-order valence-electron chi connectivity index (χ1n) is 10.3. The van der Waals surface area contributed by atoms with Gasteiger partial charge < -0.3 is 14.0 Å². The summed E-state index contributed by atoms with van der Waals surface area (Å²) in [6.07, 6.45) is 6.88. The normalized spacial score (nSPS) is 19.3. The van der Waals surface area contributed by atoms with Crippen LogP contribution in [0.1, 0.15) is 32.6 Å². The zero-order chi connectivity index (χ0) is 21.1. The predicted molar refractivity (Wildman–Crippen MR) is 119 cm³/mol. The minimum absolute atomic E-state index is 0.163. The van der Waals surface area contributed by atoms with Crippen LogP contribution in [0.15, 0.2) is 24.5 Å². The SMILES string of the molecule is COCCOc1cc(Cl)cc(-c2nc(Cl)nc3ncn(C[C@H]4CC[C@H](C)CC4)c23)c1. The lowest BCUT2D eigenvalue weighted by molar-refractivity contribution is 0.146. The average molecular weight is 449 g/mol. The van der Waals surface area contributed by atoms with Gasteiger partial charge in [-0.15, -0.1) is 0 Å². The molecule has 0 saturated heterocycles. The third-order valence-electron chi connectivity index (χ3n) is 5.74. The summed E-state index contributed by atoms with van der Waals surface area (Å²) in [4.78, 5) is 13.4. The van der Waals surface area contributed by atoms with Crippen LogP contribution in [0.3, 0.4) is 0 Å². The number of methoxy groups -OCH3 is 1. The van der Waals surface area contributed by atoms with Crippen LogP contribution in [0, 0.1) is 11.8 Å². The van der Waals surface area contributed by atoms with Crippen molar-refractivity contribution in [1.82, 2.24) is 19.5 Å². The fraction of sp³-hybridized carbons (Fsp3) is 0.500. The molecule has 1 aliphatic carbocycles. The van der Waals surface area contributed by atoms with Gasteiger partial charge in [0.05, 0.1) is 12.9 Å². The highest BCUT2D eigenvalue weighted by molar-refractivity contribution is 6.31. The zero-order valence-electron chi connectivity index (χ0n) is 17.3. The van der Waals surface area contributed by atoms with E-state index in [0.29, 0.717) is 41.2 Å². The van der Waals surface area contributed by atoms with Crippen LogP contribution in [0.5, 0.6) is 5.75 Å². The van der Waals surface area contributed by atoms with Crippen LogP contribution < -0.4 is 4.74 Å². The molecule has 0 amide bonds. The summed E-state index contributed by atoms with van der Waals surface area (Å²) in [7, 11) is 1.64. The van der Waals surface area contributed by atoms with Gasteiger partial charge in [0.1, 0.15) is 23.6 Å². The second kappa shape index (κ2) is 9.50. The number of rotatable bonds is 7. The molecular weight excluding hydrogens is 423 g/mol. The molecule has 2 aromatic heterocycles. The summed E-state index contributed by atoms with van der Waals surface area (Å²) in [5, 5.41) is 0.728. The Bertz CT molecular complexity index is 1020. The first kappa shape index (κ1) is 21.3. The maximum Gasteiger partial charge on any atom is 0.225 e. The topological polar surface area (TPSA) is 62.1 Å². The number of benzene rings is 1. The number of aromatic nitrogens is 4. The molecule has 30 heavy (non-hydrogen) atoms. The number of hydrogen-bond donors (Lipinski definition) is 0. The Morgan fingerprint density at radius 2 is 1.87 bits per heavy atom. The minimum Gasteiger partial charge on any atom is -0.491 e. The van der Waals surface area contributed by atoms with E-state index in [9.17, 15) is 0 Å². The van der Waals surface area contributed by atoms with Crippen molar-refractivity contribution < 1.29 is 9.47 Å². The average Bonchev–Trinajstić information content (AvgIpc) is 3.11. The number of fused-ring (bicyclic) bond motifs is 1. The summed E-state index contributed by atoms with van der Waals surface area (Å²) in [6.45, 7) is 4.17. The lowest BCUT2D eigenvalue weighted by Gasteiger charge is -2.26. The molecule has 3 aromatic rings. The molecule has 1 saturated carbocycles. The fourth-order valence-corrected chi connectivity index (χ4v) is 4.50. The highest BCUT2D eigenvalue weighted by Crippen LogP contribution is 2.34. The van der Waals surface area contributed by atoms with E-state index in [-0.39, 0.29) is 5.28 Å². The highest BCUT2D eigenvalue weighted by Gasteiger charge is 2.21. The van der Waals surface area contributed by atoms with Gasteiger partial charge in [-0.2, -0.15) is 4.98 Å². The van der Waals surface area contributed by atoms with Crippen LogP contribution in [-0.4, -0.2) is 39.8 Å². The molecule has 0 aliphatic heterocycles. The molecule has 6 nitrogen and oxygen atoms in total. The van der Waals surface area contributed by atoms with Crippen molar-refractivity contribution in [2.24, 2.45) is 11.8 Å². The largest absolute Gasteiger partial charge is 0.491 e. The molecule has 1 aromatic carbocycles. The first-order valence-corrected chi connectivity index (χ1v) is 11.1. The summed E-state index contributed by atoms with van der Waals surface area (Å²) in [5.74, 6) is 2.11. The van der Waals surface area contributed by atoms with E-state index in [2.05, 4.69) is 26.4 Å². The first-order chi connectivity index (χ1) is 14.5. The molecule has 1 aliphatic rings. The quantitative estimate of drug-likeness (QED) is 0.345. The van der Waals surface area contributed by atoms with Gasteiger partial charge in [0, 0.05) is 24.2 Å². The van der Waals surface area contributed by atoms with Crippen molar-refractivity contribution in [2.75, 3.05) is 20.3 Å². The molecule has 160 valence electrons. The summed E-state index contributed by atoms with van der Waals surface area (Å²) in [5.41, 5.74) is 3.01. The van der Waals surface area contributed by atoms with Gasteiger partial charge >= 0.3 is 0 Å². The van der Waals surface area contributed by atoms with E-state index in [4.69, 9.17) is 32.7 Å². The van der Waals surface area contributed by atoms with Crippen molar-refractivity contribution in [3.05, 3.63) is 34.8 Å². The Balaban J connectivity index is 1.70. The standard InChI is InChI=1S/C22H26Cl2N4O2/c1-14-3-5-15(6-4-14)12-28-13-25-21-20(28)19(26-22(24)27-21)16-9-17(23)11-18(10-16)30-8-7-29-2/h9-11,13-15H,3-8,12H2,1-2H3/t14-,15-. The Morgan fingerprint density at radius 3 is 2.63 bits per heavy atom. The van der Waals surface area contributed by atoms with Gasteiger partial charge in [-0.1, -0.05) is 31.4 Å². The van der Waals surface area contributed by atoms with Gasteiger partial charge in [0.15, 0.2) is 5.65 Å². The van der Waals surface area contributed by atoms with E-state index in [1.54, 1.807) is 13.2 Å². The predicted octanol–water partition coefficient (Wildman–Crippen LogP) is 5.65. The van der Waals surface area contributed by atoms with Gasteiger partial charge in [-0.05, 0) is 54.5 Å². The maximum atomic E-state index is 6.38. The number of imidazole rings is 1. The Hall–Kier alpha value is -1.89. The second-order valence-electron chi connectivity index (χ2n) is 8.05. The third kappa shape index (κ3) is 4.88.